The van der Waals surface area contributed by atoms with Crippen molar-refractivity contribution < 1.29 is 24.3 Å². The van der Waals surface area contributed by atoms with E-state index in [4.69, 9.17) is 5.73 Å². The third-order valence-electron chi connectivity index (χ3n) is 5.00. The predicted octanol–water partition coefficient (Wildman–Crippen LogP) is -2.99. The third kappa shape index (κ3) is 3.21. The number of carboxylic acids is 1. The van der Waals surface area contributed by atoms with Gasteiger partial charge in [-0.2, -0.15) is 0 Å². The number of thioether (sulfide) groups is 1. The van der Waals surface area contributed by atoms with E-state index >= 15 is 0 Å². The van der Waals surface area contributed by atoms with Crippen molar-refractivity contribution in [3.8, 4) is 0 Å². The zero-order chi connectivity index (χ0) is 19.3. The first-order valence-corrected chi connectivity index (χ1v) is 9.07. The number of tetrazole rings is 1. The van der Waals surface area contributed by atoms with Gasteiger partial charge in [-0.3, -0.25) is 19.3 Å². The van der Waals surface area contributed by atoms with E-state index in [9.17, 15) is 24.3 Å². The molecule has 2 fully saturated rings. The number of hydrogen-bond donors (Lipinski definition) is 2. The molecular weight excluding hydrogens is 401 g/mol. The molecule has 0 radical (unpaired) electrons. The van der Waals surface area contributed by atoms with E-state index in [-0.39, 0.29) is 65.4 Å². The molecule has 0 saturated carbocycles. The number of carbonyl (C=O) groups excluding carboxylic acids is 3. The predicted molar refractivity (Wildman–Crippen MR) is 94.8 cm³/mol. The van der Waals surface area contributed by atoms with Gasteiger partial charge in [-0.15, -0.1) is 5.10 Å². The number of amides is 3. The van der Waals surface area contributed by atoms with Crippen molar-refractivity contribution in [1.82, 2.24) is 30.0 Å². The van der Waals surface area contributed by atoms with E-state index in [1.807, 2.05) is 0 Å². The van der Waals surface area contributed by atoms with Crippen molar-refractivity contribution in [1.29, 1.82) is 0 Å². The maximum absolute atomic E-state index is 12.4. The van der Waals surface area contributed by atoms with Gasteiger partial charge in [-0.05, 0) is 22.4 Å². The Kier molecular flexibility index (Phi) is 5.79. The fraction of sp³-hybridized carbons (Fsp3) is 0.500. The summed E-state index contributed by atoms with van der Waals surface area (Å²) >= 11 is 1.16. The van der Waals surface area contributed by atoms with Crippen molar-refractivity contribution >= 4 is 65.5 Å². The molecule has 4 rings (SSSR count). The monoisotopic (exact) mass is 417 g/mol. The number of carboxylic acid groups (broad SMARTS) is 1. The number of primary amides is 1. The Morgan fingerprint density at radius 3 is 2.79 bits per heavy atom. The number of aliphatic carboxylic acids is 1. The normalized spacial score (nSPS) is 25.1. The number of nitrogens with zero attached hydrogens (tertiary/aromatic N) is 6. The molecule has 3 aliphatic heterocycles. The summed E-state index contributed by atoms with van der Waals surface area (Å²) in [5.41, 5.74) is 5.68. The van der Waals surface area contributed by atoms with Crippen LogP contribution in [-0.4, -0.2) is 113 Å². The van der Waals surface area contributed by atoms with Crippen LogP contribution in [0.15, 0.2) is 16.4 Å². The Balaban J connectivity index is 0.00000225. The molecule has 0 bridgehead atoms. The van der Waals surface area contributed by atoms with Crippen molar-refractivity contribution in [2.45, 2.75) is 30.2 Å². The summed E-state index contributed by atoms with van der Waals surface area (Å²) in [5, 5.41) is 20.9. The van der Waals surface area contributed by atoms with Crippen LogP contribution in [-0.2, 0) is 25.7 Å². The number of hydrogen-bond acceptors (Lipinski definition) is 8. The Bertz CT molecular complexity index is 889. The average molecular weight is 417 g/mol. The van der Waals surface area contributed by atoms with Crippen LogP contribution in [0.4, 0.5) is 0 Å². The second-order valence-electron chi connectivity index (χ2n) is 6.54. The first-order chi connectivity index (χ1) is 12.9. The van der Waals surface area contributed by atoms with Crippen LogP contribution in [0.25, 0.3) is 0 Å². The molecule has 12 nitrogen and oxygen atoms in total. The second-order valence-corrected chi connectivity index (χ2v) is 7.48. The molecule has 28 heavy (non-hydrogen) atoms. The van der Waals surface area contributed by atoms with Gasteiger partial charge in [-0.25, -0.2) is 9.48 Å². The third-order valence-corrected chi connectivity index (χ3v) is 6.04. The molecule has 3 amide bonds. The minimum absolute atomic E-state index is 0. The van der Waals surface area contributed by atoms with E-state index in [0.717, 1.165) is 11.8 Å². The second kappa shape index (κ2) is 7.81. The summed E-state index contributed by atoms with van der Waals surface area (Å²) in [5.74, 6) is -1.92. The Hall–Kier alpha value is -1.96. The number of β-lactam (4-membered cyclic amide) rings is 1. The summed E-state index contributed by atoms with van der Waals surface area (Å²) in [6.45, 7) is 0.229. The van der Waals surface area contributed by atoms with Gasteiger partial charge in [0.05, 0.1) is 6.04 Å². The van der Waals surface area contributed by atoms with Crippen LogP contribution < -0.4 is 5.73 Å². The maximum atomic E-state index is 12.4. The molecule has 0 spiro atoms. The molecule has 0 aromatic carbocycles. The average Bonchev–Trinajstić information content (AvgIpc) is 3.19. The molecular formula is C14H16N7NaO5S. The van der Waals surface area contributed by atoms with E-state index in [1.54, 1.807) is 0 Å². The van der Waals surface area contributed by atoms with Crippen LogP contribution in [0.5, 0.6) is 0 Å². The first-order valence-electron chi connectivity index (χ1n) is 8.09. The zero-order valence-electron chi connectivity index (χ0n) is 13.9. The molecule has 3 aliphatic rings. The van der Waals surface area contributed by atoms with Crippen LogP contribution in [0.1, 0.15) is 6.42 Å². The van der Waals surface area contributed by atoms with Crippen LogP contribution in [0, 0.1) is 5.92 Å². The number of aromatic nitrogens is 4. The first kappa shape index (κ1) is 20.8. The number of nitrogens with two attached hydrogens (primary N) is 1. The van der Waals surface area contributed by atoms with Gasteiger partial charge in [0, 0.05) is 18.2 Å². The van der Waals surface area contributed by atoms with Crippen LogP contribution >= 0.6 is 11.8 Å². The van der Waals surface area contributed by atoms with Gasteiger partial charge >= 0.3 is 35.5 Å². The molecule has 2 saturated heterocycles. The SMILES string of the molecule is NC(=O)Cn1nnnc1SCC1=C(C(=O)O)N2C(=O)[C@@H]3[C@H]2[C@H](C1)CN3C=O.[NaH]. The van der Waals surface area contributed by atoms with E-state index in [2.05, 4.69) is 15.5 Å². The summed E-state index contributed by atoms with van der Waals surface area (Å²) in [4.78, 5) is 49.2. The fourth-order valence-corrected chi connectivity index (χ4v) is 4.91. The number of carbonyl (C=O) groups is 4. The molecule has 14 heteroatoms. The molecule has 1 aromatic rings. The molecule has 1 aromatic heterocycles. The van der Waals surface area contributed by atoms with E-state index in [1.165, 1.54) is 14.5 Å². The van der Waals surface area contributed by atoms with Gasteiger partial charge in [-0.1, -0.05) is 11.8 Å². The topological polar surface area (TPSA) is 165 Å². The molecule has 0 unspecified atom stereocenters. The summed E-state index contributed by atoms with van der Waals surface area (Å²) < 4.78 is 1.23. The summed E-state index contributed by atoms with van der Waals surface area (Å²) in [7, 11) is 0. The molecule has 3 N–H and O–H groups in total. The Morgan fingerprint density at radius 1 is 1.39 bits per heavy atom. The zero-order valence-corrected chi connectivity index (χ0v) is 14.7. The quantitative estimate of drug-likeness (QED) is 0.204. The van der Waals surface area contributed by atoms with Gasteiger partial charge in [0.25, 0.3) is 5.91 Å². The fourth-order valence-electron chi connectivity index (χ4n) is 4.01. The molecule has 3 atom stereocenters. The molecule has 144 valence electrons. The van der Waals surface area contributed by atoms with Crippen molar-refractivity contribution in [2.75, 3.05) is 12.3 Å². The van der Waals surface area contributed by atoms with Gasteiger partial charge in [0.15, 0.2) is 0 Å². The van der Waals surface area contributed by atoms with E-state index in [0.29, 0.717) is 30.1 Å². The van der Waals surface area contributed by atoms with Crippen molar-refractivity contribution in [3.05, 3.63) is 11.3 Å². The summed E-state index contributed by atoms with van der Waals surface area (Å²) in [6.07, 6.45) is 1.10. The van der Waals surface area contributed by atoms with Gasteiger partial charge in [0.2, 0.25) is 17.5 Å². The van der Waals surface area contributed by atoms with Crippen molar-refractivity contribution in [2.24, 2.45) is 11.7 Å². The molecule has 4 heterocycles. The van der Waals surface area contributed by atoms with Gasteiger partial charge in [0.1, 0.15) is 18.3 Å². The number of rotatable bonds is 7. The van der Waals surface area contributed by atoms with E-state index < -0.39 is 17.9 Å². The van der Waals surface area contributed by atoms with Crippen molar-refractivity contribution in [3.63, 3.8) is 0 Å². The van der Waals surface area contributed by atoms with Gasteiger partial charge < -0.3 is 15.7 Å². The minimum atomic E-state index is -1.18. The Morgan fingerprint density at radius 2 is 2.14 bits per heavy atom. The summed E-state index contributed by atoms with van der Waals surface area (Å²) in [6, 6.07) is -0.832. The number of likely N-dealkylation sites (tertiary alicyclic amines) is 1. The standard InChI is InChI=1S/C14H15N7O5S.Na.H/c15-8(23)3-20-14(16-17-18-20)27-4-7-1-6-2-19(5-22)11-9(6)21(12(11)24)10(7)13(25)26;;/h5-6,9,11H,1-4H2,(H2,15,23)(H,25,26);;/t6-,9-,11+;;/m1../s1. The molecule has 0 aliphatic carbocycles. The van der Waals surface area contributed by atoms with Crippen LogP contribution in [0.2, 0.25) is 0 Å². The Labute approximate surface area is 184 Å². The van der Waals surface area contributed by atoms with Crippen LogP contribution in [0.3, 0.4) is 0 Å².